The molecule has 0 radical (unpaired) electrons. The number of nitrogens with one attached hydrogen (secondary N) is 1. The van der Waals surface area contributed by atoms with Crippen LogP contribution in [0.25, 0.3) is 0 Å². The molecule has 2 aromatic rings. The molecule has 4 heterocycles. The summed E-state index contributed by atoms with van der Waals surface area (Å²) in [5, 5.41) is 11.3. The molecule has 1 N–H and O–H groups in total. The first-order valence-corrected chi connectivity index (χ1v) is 10.3. The summed E-state index contributed by atoms with van der Waals surface area (Å²) in [5.74, 6) is 0.256. The molecule has 0 unspecified atom stereocenters. The smallest absolute Gasteiger partial charge is 0.367 e. The van der Waals surface area contributed by atoms with Gasteiger partial charge in [-0.3, -0.25) is 4.79 Å². The van der Waals surface area contributed by atoms with E-state index in [1.807, 2.05) is 13.8 Å². The van der Waals surface area contributed by atoms with Crippen molar-refractivity contribution in [3.8, 4) is 0 Å². The molecule has 7 nitrogen and oxygen atoms in total. The number of likely N-dealkylation sites (tertiary alicyclic amines) is 1. The molecule has 0 aromatic carbocycles. The minimum absolute atomic E-state index is 0.0462. The summed E-state index contributed by atoms with van der Waals surface area (Å²) in [6.07, 6.45) is -2.90. The summed E-state index contributed by atoms with van der Waals surface area (Å²) in [7, 11) is 0. The lowest BCUT2D eigenvalue weighted by molar-refractivity contribution is -0.174. The topological polar surface area (TPSA) is 76.2 Å². The fourth-order valence-corrected chi connectivity index (χ4v) is 4.28. The minimum Gasteiger partial charge on any atom is -0.367 e. The lowest BCUT2D eigenvalue weighted by atomic mass is 9.93. The minimum atomic E-state index is -4.37. The molecular weight excluding hydrogens is 399 g/mol. The van der Waals surface area contributed by atoms with Gasteiger partial charge in [0.1, 0.15) is 5.82 Å². The summed E-state index contributed by atoms with van der Waals surface area (Å²) in [5.41, 5.74) is 1.21. The van der Waals surface area contributed by atoms with Crippen molar-refractivity contribution in [2.75, 3.05) is 18.4 Å². The number of anilines is 1. The highest BCUT2D eigenvalue weighted by molar-refractivity contribution is 5.91. The Morgan fingerprint density at radius 2 is 2.10 bits per heavy atom. The predicted molar refractivity (Wildman–Crippen MR) is 103 cm³/mol. The molecule has 0 spiro atoms. The Hall–Kier alpha value is -2.52. The Kier molecular flexibility index (Phi) is 5.27. The van der Waals surface area contributed by atoms with Crippen LogP contribution in [-0.2, 0) is 0 Å². The van der Waals surface area contributed by atoms with Crippen LogP contribution in [0.4, 0.5) is 19.0 Å². The van der Waals surface area contributed by atoms with Crippen LogP contribution >= 0.6 is 0 Å². The van der Waals surface area contributed by atoms with Crippen molar-refractivity contribution in [2.45, 2.75) is 64.2 Å². The summed E-state index contributed by atoms with van der Waals surface area (Å²) in [4.78, 5) is 14.4. The Morgan fingerprint density at radius 3 is 2.73 bits per heavy atom. The van der Waals surface area contributed by atoms with E-state index in [4.69, 9.17) is 4.52 Å². The molecule has 1 saturated heterocycles. The Balaban J connectivity index is 1.57. The van der Waals surface area contributed by atoms with Crippen molar-refractivity contribution in [3.05, 3.63) is 29.3 Å². The van der Waals surface area contributed by atoms with Gasteiger partial charge in [-0.25, -0.2) is 4.68 Å². The monoisotopic (exact) mass is 425 g/mol. The Bertz CT molecular complexity index is 920. The Labute approximate surface area is 172 Å². The number of piperidine rings is 1. The third-order valence-corrected chi connectivity index (χ3v) is 6.01. The highest BCUT2D eigenvalue weighted by Gasteiger charge is 2.47. The van der Waals surface area contributed by atoms with Gasteiger partial charge in [-0.15, -0.1) is 0 Å². The fraction of sp³-hybridized carbons (Fsp3) is 0.650. The zero-order valence-corrected chi connectivity index (χ0v) is 17.2. The molecule has 2 aliphatic heterocycles. The molecule has 30 heavy (non-hydrogen) atoms. The second kappa shape index (κ2) is 7.63. The van der Waals surface area contributed by atoms with Crippen LogP contribution < -0.4 is 5.32 Å². The number of alkyl halides is 3. The van der Waals surface area contributed by atoms with Crippen LogP contribution in [0.15, 0.2) is 16.7 Å². The third kappa shape index (κ3) is 3.91. The number of carbonyl (C=O) groups excluding carboxylic acids is 1. The number of aromatic nitrogens is 3. The van der Waals surface area contributed by atoms with Crippen LogP contribution in [0.2, 0.25) is 0 Å². The van der Waals surface area contributed by atoms with Crippen LogP contribution in [0, 0.1) is 12.8 Å². The highest BCUT2D eigenvalue weighted by atomic mass is 19.4. The first-order chi connectivity index (χ1) is 14.1. The van der Waals surface area contributed by atoms with Gasteiger partial charge in [0.25, 0.3) is 5.91 Å². The largest absolute Gasteiger partial charge is 0.410 e. The average molecular weight is 425 g/mol. The van der Waals surface area contributed by atoms with E-state index in [-0.39, 0.29) is 36.0 Å². The lowest BCUT2D eigenvalue weighted by Gasteiger charge is -2.35. The average Bonchev–Trinajstić information content (AvgIpc) is 3.32. The van der Waals surface area contributed by atoms with E-state index in [1.165, 1.54) is 0 Å². The van der Waals surface area contributed by atoms with Gasteiger partial charge in [0, 0.05) is 37.2 Å². The maximum atomic E-state index is 13.7. The molecule has 1 amide bonds. The zero-order chi connectivity index (χ0) is 21.6. The molecule has 4 rings (SSSR count). The zero-order valence-electron chi connectivity index (χ0n) is 17.2. The molecule has 2 aromatic heterocycles. The molecule has 0 saturated carbocycles. The van der Waals surface area contributed by atoms with Crippen molar-refractivity contribution in [3.63, 3.8) is 0 Å². The summed E-state index contributed by atoms with van der Waals surface area (Å²) >= 11 is 0. The maximum absolute atomic E-state index is 13.7. The highest BCUT2D eigenvalue weighted by Crippen LogP contribution is 2.42. The number of halogens is 3. The van der Waals surface area contributed by atoms with E-state index >= 15 is 0 Å². The van der Waals surface area contributed by atoms with Gasteiger partial charge >= 0.3 is 6.18 Å². The van der Waals surface area contributed by atoms with Crippen LogP contribution in [0.1, 0.15) is 67.0 Å². The second-order valence-corrected chi connectivity index (χ2v) is 8.61. The Morgan fingerprint density at radius 1 is 1.33 bits per heavy atom. The molecular formula is C20H26F3N5O2. The standard InChI is InChI=1S/C20H26F3N5O2/c1-11(2)14-8-17(20(21,22)23)28-18(24-14)9-15(25-28)13-5-4-6-27(10-13)19(29)16-7-12(3)26-30-16/h7,9,11,13-14,17,24H,4-6,8,10H2,1-3H3/t13-,14+,17-/m0/s1. The predicted octanol–water partition coefficient (Wildman–Crippen LogP) is 4.14. The summed E-state index contributed by atoms with van der Waals surface area (Å²) < 4.78 is 47.3. The van der Waals surface area contributed by atoms with Gasteiger partial charge in [0.2, 0.25) is 5.76 Å². The SMILES string of the molecule is Cc1cc(C(=O)N2CCC[C@H](c3cc4n(n3)[C@H](C(F)(F)F)C[C@H](C(C)C)N4)C2)on1. The molecule has 164 valence electrons. The van der Waals surface area contributed by atoms with E-state index in [1.54, 1.807) is 24.0 Å². The lowest BCUT2D eigenvalue weighted by Crippen LogP contribution is -2.41. The van der Waals surface area contributed by atoms with Crippen LogP contribution in [0.5, 0.6) is 0 Å². The van der Waals surface area contributed by atoms with Crippen LogP contribution in [-0.4, -0.2) is 51.1 Å². The fourth-order valence-electron chi connectivity index (χ4n) is 4.28. The molecule has 1 fully saturated rings. The van der Waals surface area contributed by atoms with Crippen molar-refractivity contribution in [1.82, 2.24) is 19.8 Å². The number of nitrogens with zero attached hydrogens (tertiary/aromatic N) is 4. The molecule has 3 atom stereocenters. The molecule has 0 aliphatic carbocycles. The second-order valence-electron chi connectivity index (χ2n) is 8.61. The number of hydrogen-bond acceptors (Lipinski definition) is 5. The number of aryl methyl sites for hydroxylation is 1. The van der Waals surface area contributed by atoms with Gasteiger partial charge in [-0.1, -0.05) is 19.0 Å². The molecule has 0 bridgehead atoms. The van der Waals surface area contributed by atoms with E-state index in [9.17, 15) is 18.0 Å². The van der Waals surface area contributed by atoms with Crippen molar-refractivity contribution < 1.29 is 22.5 Å². The summed E-state index contributed by atoms with van der Waals surface area (Å²) in [6, 6.07) is 1.39. The first-order valence-electron chi connectivity index (χ1n) is 10.3. The number of carbonyl (C=O) groups is 1. The van der Waals surface area contributed by atoms with Gasteiger partial charge in [0.15, 0.2) is 6.04 Å². The van der Waals surface area contributed by atoms with Gasteiger partial charge in [-0.05, 0) is 32.1 Å². The van der Waals surface area contributed by atoms with Gasteiger partial charge in [0.05, 0.1) is 11.4 Å². The van der Waals surface area contributed by atoms with E-state index in [2.05, 4.69) is 15.6 Å². The first kappa shape index (κ1) is 20.7. The van der Waals surface area contributed by atoms with Crippen LogP contribution in [0.3, 0.4) is 0 Å². The van der Waals surface area contributed by atoms with Gasteiger partial charge in [-0.2, -0.15) is 18.3 Å². The van der Waals surface area contributed by atoms with E-state index in [0.717, 1.165) is 17.5 Å². The number of hydrogen-bond donors (Lipinski definition) is 1. The molecule has 10 heteroatoms. The van der Waals surface area contributed by atoms with Crippen molar-refractivity contribution in [2.24, 2.45) is 5.92 Å². The molecule has 2 aliphatic rings. The third-order valence-electron chi connectivity index (χ3n) is 6.01. The maximum Gasteiger partial charge on any atom is 0.410 e. The number of amides is 1. The van der Waals surface area contributed by atoms with E-state index < -0.39 is 12.2 Å². The van der Waals surface area contributed by atoms with Crippen molar-refractivity contribution in [1.29, 1.82) is 0 Å². The van der Waals surface area contributed by atoms with E-state index in [0.29, 0.717) is 30.3 Å². The number of rotatable bonds is 3. The summed E-state index contributed by atoms with van der Waals surface area (Å²) in [6.45, 7) is 6.52. The van der Waals surface area contributed by atoms with Crippen molar-refractivity contribution >= 4 is 11.7 Å². The number of fused-ring (bicyclic) bond motifs is 1. The normalized spacial score (nSPS) is 24.6. The quantitative estimate of drug-likeness (QED) is 0.800. The van der Waals surface area contributed by atoms with Gasteiger partial charge < -0.3 is 14.7 Å².